The second-order valence-corrected chi connectivity index (χ2v) is 5.20. The maximum absolute atomic E-state index is 10.2. The molecular formula is C13H18N2OS. The molecule has 3 nitrogen and oxygen atoms in total. The predicted molar refractivity (Wildman–Crippen MR) is 71.4 cm³/mol. The van der Waals surface area contributed by atoms with Gasteiger partial charge in [0.1, 0.15) is 0 Å². The number of pyridine rings is 1. The number of hydrogen-bond acceptors (Lipinski definition) is 3. The summed E-state index contributed by atoms with van der Waals surface area (Å²) in [6.07, 6.45) is 5.42. The molecule has 1 N–H and O–H groups in total. The number of hydrogen-bond donors (Lipinski definition) is 1. The summed E-state index contributed by atoms with van der Waals surface area (Å²) in [4.78, 5) is 4.38. The first-order valence-corrected chi connectivity index (χ1v) is 6.94. The minimum atomic E-state index is -0.578. The van der Waals surface area contributed by atoms with E-state index in [2.05, 4.69) is 9.38 Å². The summed E-state index contributed by atoms with van der Waals surface area (Å²) >= 11 is 1.61. The van der Waals surface area contributed by atoms with E-state index in [1.807, 2.05) is 44.4 Å². The molecular weight excluding hydrogens is 232 g/mol. The Balaban J connectivity index is 2.14. The van der Waals surface area contributed by atoms with Crippen LogP contribution in [0.2, 0.25) is 0 Å². The van der Waals surface area contributed by atoms with Crippen molar-refractivity contribution >= 4 is 17.3 Å². The van der Waals surface area contributed by atoms with Gasteiger partial charge >= 0.3 is 0 Å². The third-order valence-electron chi connectivity index (χ3n) is 3.19. The third-order valence-corrected chi connectivity index (χ3v) is 4.43. The van der Waals surface area contributed by atoms with Crippen molar-refractivity contribution in [1.82, 2.24) is 9.38 Å². The average molecular weight is 250 g/mol. The number of imidazole rings is 1. The summed E-state index contributed by atoms with van der Waals surface area (Å²) in [5.74, 6) is 0.688. The van der Waals surface area contributed by atoms with Crippen molar-refractivity contribution in [2.24, 2.45) is 0 Å². The Morgan fingerprint density at radius 1 is 1.35 bits per heavy atom. The molecule has 92 valence electrons. The van der Waals surface area contributed by atoms with E-state index < -0.39 is 5.60 Å². The molecule has 2 rings (SSSR count). The van der Waals surface area contributed by atoms with Gasteiger partial charge in [0.2, 0.25) is 0 Å². The van der Waals surface area contributed by atoms with Crippen LogP contribution in [0.5, 0.6) is 0 Å². The standard InChI is InChI=1S/C13H18N2OS/c1-3-13(16,4-2)10-17-12-14-9-11-7-5-6-8-15(11)12/h5-9,16H,3-4,10H2,1-2H3. The lowest BCUT2D eigenvalue weighted by atomic mass is 10.0. The normalized spacial score (nSPS) is 12.2. The molecule has 0 bridgehead atoms. The Hall–Kier alpha value is -1.00. The van der Waals surface area contributed by atoms with Crippen LogP contribution < -0.4 is 0 Å². The average Bonchev–Trinajstić information content (AvgIpc) is 2.79. The van der Waals surface area contributed by atoms with Gasteiger partial charge in [-0.1, -0.05) is 31.7 Å². The Morgan fingerprint density at radius 3 is 2.82 bits per heavy atom. The highest BCUT2D eigenvalue weighted by molar-refractivity contribution is 7.99. The van der Waals surface area contributed by atoms with E-state index in [1.165, 1.54) is 0 Å². The second-order valence-electron chi connectivity index (χ2n) is 4.26. The molecule has 0 saturated heterocycles. The number of thioether (sulfide) groups is 1. The van der Waals surface area contributed by atoms with Crippen LogP contribution >= 0.6 is 11.8 Å². The van der Waals surface area contributed by atoms with Crippen LogP contribution in [0.1, 0.15) is 26.7 Å². The van der Waals surface area contributed by atoms with Crippen LogP contribution in [0.4, 0.5) is 0 Å². The molecule has 2 heterocycles. The molecule has 0 unspecified atom stereocenters. The summed E-state index contributed by atoms with van der Waals surface area (Å²) in [6, 6.07) is 6.02. The molecule has 0 aromatic carbocycles. The topological polar surface area (TPSA) is 37.5 Å². The lowest BCUT2D eigenvalue weighted by Crippen LogP contribution is -2.29. The fourth-order valence-electron chi connectivity index (χ4n) is 1.68. The lowest BCUT2D eigenvalue weighted by molar-refractivity contribution is 0.0571. The van der Waals surface area contributed by atoms with Gasteiger partial charge in [-0.25, -0.2) is 4.98 Å². The van der Waals surface area contributed by atoms with Crippen molar-refractivity contribution in [3.63, 3.8) is 0 Å². The summed E-state index contributed by atoms with van der Waals surface area (Å²) in [7, 11) is 0. The maximum atomic E-state index is 10.2. The molecule has 0 amide bonds. The number of nitrogens with zero attached hydrogens (tertiary/aromatic N) is 2. The highest BCUT2D eigenvalue weighted by Crippen LogP contribution is 2.26. The molecule has 0 aliphatic heterocycles. The molecule has 17 heavy (non-hydrogen) atoms. The van der Waals surface area contributed by atoms with Gasteiger partial charge in [-0.05, 0) is 25.0 Å². The van der Waals surface area contributed by atoms with Crippen molar-refractivity contribution in [3.8, 4) is 0 Å². The summed E-state index contributed by atoms with van der Waals surface area (Å²) in [5, 5.41) is 11.2. The van der Waals surface area contributed by atoms with Gasteiger partial charge in [-0.15, -0.1) is 0 Å². The van der Waals surface area contributed by atoms with Crippen molar-refractivity contribution < 1.29 is 5.11 Å². The Kier molecular flexibility index (Phi) is 3.74. The largest absolute Gasteiger partial charge is 0.389 e. The highest BCUT2D eigenvalue weighted by Gasteiger charge is 2.23. The van der Waals surface area contributed by atoms with E-state index >= 15 is 0 Å². The van der Waals surface area contributed by atoms with E-state index in [9.17, 15) is 5.11 Å². The van der Waals surface area contributed by atoms with E-state index in [4.69, 9.17) is 0 Å². The predicted octanol–water partition coefficient (Wildman–Crippen LogP) is 2.98. The van der Waals surface area contributed by atoms with Gasteiger partial charge in [-0.2, -0.15) is 0 Å². The van der Waals surface area contributed by atoms with Crippen molar-refractivity contribution in [2.75, 3.05) is 5.75 Å². The van der Waals surface area contributed by atoms with Gasteiger partial charge in [0.25, 0.3) is 0 Å². The van der Waals surface area contributed by atoms with Crippen LogP contribution in [-0.4, -0.2) is 25.8 Å². The second kappa shape index (κ2) is 5.10. The number of fused-ring (bicyclic) bond motifs is 1. The molecule has 2 aromatic rings. The van der Waals surface area contributed by atoms with Crippen molar-refractivity contribution in [3.05, 3.63) is 30.6 Å². The van der Waals surface area contributed by atoms with Gasteiger partial charge in [0, 0.05) is 11.9 Å². The quantitative estimate of drug-likeness (QED) is 0.829. The molecule has 4 heteroatoms. The van der Waals surface area contributed by atoms with Crippen LogP contribution in [0.3, 0.4) is 0 Å². The van der Waals surface area contributed by atoms with Crippen molar-refractivity contribution in [2.45, 2.75) is 37.4 Å². The van der Waals surface area contributed by atoms with Crippen LogP contribution in [0.15, 0.2) is 35.7 Å². The van der Waals surface area contributed by atoms with E-state index in [0.717, 1.165) is 23.5 Å². The third kappa shape index (κ3) is 2.64. The smallest absolute Gasteiger partial charge is 0.172 e. The van der Waals surface area contributed by atoms with Gasteiger partial charge in [0.15, 0.2) is 5.16 Å². The minimum Gasteiger partial charge on any atom is -0.389 e. The van der Waals surface area contributed by atoms with Crippen LogP contribution in [0.25, 0.3) is 5.52 Å². The van der Waals surface area contributed by atoms with Gasteiger partial charge < -0.3 is 5.11 Å². The number of aliphatic hydroxyl groups is 1. The van der Waals surface area contributed by atoms with E-state index in [1.54, 1.807) is 11.8 Å². The zero-order valence-electron chi connectivity index (χ0n) is 10.3. The van der Waals surface area contributed by atoms with E-state index in [-0.39, 0.29) is 0 Å². The highest BCUT2D eigenvalue weighted by atomic mass is 32.2. The van der Waals surface area contributed by atoms with Crippen LogP contribution in [-0.2, 0) is 0 Å². The Bertz CT molecular complexity index is 491. The SMILES string of the molecule is CCC(O)(CC)CSc1ncc2ccccn12. The molecule has 0 fully saturated rings. The molecule has 0 saturated carbocycles. The molecule has 0 spiro atoms. The molecule has 0 radical (unpaired) electrons. The molecule has 0 atom stereocenters. The van der Waals surface area contributed by atoms with Gasteiger partial charge in [-0.3, -0.25) is 4.40 Å². The summed E-state index contributed by atoms with van der Waals surface area (Å²) in [6.45, 7) is 4.04. The Morgan fingerprint density at radius 2 is 2.12 bits per heavy atom. The summed E-state index contributed by atoms with van der Waals surface area (Å²) < 4.78 is 2.05. The first-order chi connectivity index (χ1) is 8.18. The Labute approximate surface area is 106 Å². The monoisotopic (exact) mass is 250 g/mol. The molecule has 2 aromatic heterocycles. The zero-order chi connectivity index (χ0) is 12.3. The number of aromatic nitrogens is 2. The fraction of sp³-hybridized carbons (Fsp3) is 0.462. The summed E-state index contributed by atoms with van der Waals surface area (Å²) in [5.41, 5.74) is 0.511. The first kappa shape index (κ1) is 12.5. The molecule has 0 aliphatic rings. The van der Waals surface area contributed by atoms with Gasteiger partial charge in [0.05, 0.1) is 17.3 Å². The zero-order valence-corrected chi connectivity index (χ0v) is 11.1. The fourth-order valence-corrected chi connectivity index (χ4v) is 2.92. The maximum Gasteiger partial charge on any atom is 0.172 e. The lowest BCUT2D eigenvalue weighted by Gasteiger charge is -2.24. The van der Waals surface area contributed by atoms with E-state index in [0.29, 0.717) is 5.75 Å². The minimum absolute atomic E-state index is 0.578. The van der Waals surface area contributed by atoms with Crippen molar-refractivity contribution in [1.29, 1.82) is 0 Å². The van der Waals surface area contributed by atoms with Crippen LogP contribution in [0, 0.1) is 0 Å². The molecule has 0 aliphatic carbocycles. The number of rotatable bonds is 5. The first-order valence-electron chi connectivity index (χ1n) is 5.96.